The molecule has 0 N–H and O–H groups in total. The number of hydrogen-bond acceptors (Lipinski definition) is 3. The summed E-state index contributed by atoms with van der Waals surface area (Å²) in [5.74, 6) is 2.12. The van der Waals surface area contributed by atoms with Gasteiger partial charge in [0, 0.05) is 5.75 Å². The molecule has 0 saturated carbocycles. The van der Waals surface area contributed by atoms with Gasteiger partial charge in [0.05, 0.1) is 0 Å². The lowest BCUT2D eigenvalue weighted by atomic mass is 10.1. The third kappa shape index (κ3) is 6.29. The van der Waals surface area contributed by atoms with Gasteiger partial charge in [-0.1, -0.05) is 62.5 Å². The topological polar surface area (TPSA) is 0 Å². The van der Waals surface area contributed by atoms with Gasteiger partial charge < -0.3 is 0 Å². The molecule has 0 saturated heterocycles. The first kappa shape index (κ1) is 14.8. The van der Waals surface area contributed by atoms with Gasteiger partial charge >= 0.3 is 0 Å². The average Bonchev–Trinajstić information content (AvgIpc) is 2.37. The average molecular weight is 282 g/mol. The normalized spacial score (nSPS) is 10.2. The fourth-order valence-electron chi connectivity index (χ4n) is 1.23. The fourth-order valence-corrected chi connectivity index (χ4v) is 3.50. The van der Waals surface area contributed by atoms with Crippen molar-refractivity contribution in [3.05, 3.63) is 42.0 Å². The maximum Gasteiger partial charge on any atom is 0.104 e. The zero-order valence-corrected chi connectivity index (χ0v) is 12.6. The molecule has 0 spiro atoms. The van der Waals surface area contributed by atoms with Crippen molar-refractivity contribution in [1.29, 1.82) is 0 Å². The van der Waals surface area contributed by atoms with Crippen LogP contribution >= 0.6 is 35.7 Å². The van der Waals surface area contributed by atoms with E-state index in [0.29, 0.717) is 0 Å². The molecule has 0 atom stereocenters. The van der Waals surface area contributed by atoms with Crippen LogP contribution in [-0.4, -0.2) is 9.28 Å². The van der Waals surface area contributed by atoms with Gasteiger partial charge in [-0.25, -0.2) is 0 Å². The highest BCUT2D eigenvalue weighted by Gasteiger charge is 2.00. The quantitative estimate of drug-likeness (QED) is 0.508. The van der Waals surface area contributed by atoms with Crippen LogP contribution in [-0.2, 0) is 5.75 Å². The van der Waals surface area contributed by atoms with Gasteiger partial charge in [0.2, 0.25) is 0 Å². The minimum Gasteiger partial charge on any atom is -0.108 e. The lowest BCUT2D eigenvalue weighted by Crippen LogP contribution is -1.87. The molecule has 1 aromatic carbocycles. The summed E-state index contributed by atoms with van der Waals surface area (Å²) < 4.78 is 1.06. The molecule has 0 heterocycles. The summed E-state index contributed by atoms with van der Waals surface area (Å²) in [6, 6.07) is 8.47. The van der Waals surface area contributed by atoms with Crippen molar-refractivity contribution in [2.45, 2.75) is 25.5 Å². The first-order valence-corrected chi connectivity index (χ1v) is 8.15. The molecule has 0 aliphatic rings. The number of thiocarbonyl (C=S) groups is 1. The Morgan fingerprint density at radius 2 is 2.00 bits per heavy atom. The third-order valence-electron chi connectivity index (χ3n) is 2.29. The molecule has 1 aromatic rings. The van der Waals surface area contributed by atoms with Crippen molar-refractivity contribution in [1.82, 2.24) is 0 Å². The van der Waals surface area contributed by atoms with E-state index in [1.54, 1.807) is 23.5 Å². The largest absolute Gasteiger partial charge is 0.108 e. The first-order valence-electron chi connectivity index (χ1n) is 5.77. The number of benzene rings is 1. The summed E-state index contributed by atoms with van der Waals surface area (Å²) in [7, 11) is 0. The monoisotopic (exact) mass is 282 g/mol. The van der Waals surface area contributed by atoms with Gasteiger partial charge in [-0.15, -0.1) is 23.5 Å². The Hall–Kier alpha value is -0.250. The second kappa shape index (κ2) is 8.78. The molecule has 1 rings (SSSR count). The number of unbranched alkanes of at least 4 members (excludes halogenated alkanes) is 1. The standard InChI is InChI=1S/C14H18S3/c1-3-5-10-16-14(15)17-11-13-8-6-12(4-2)7-9-13/h4,6-9H,2-3,5,10-11H2,1H3. The van der Waals surface area contributed by atoms with E-state index in [0.717, 1.165) is 15.0 Å². The van der Waals surface area contributed by atoms with Crippen molar-refractivity contribution < 1.29 is 0 Å². The minimum atomic E-state index is 0.968. The number of hydrogen-bond donors (Lipinski definition) is 0. The van der Waals surface area contributed by atoms with E-state index in [-0.39, 0.29) is 0 Å². The highest BCUT2D eigenvalue weighted by molar-refractivity contribution is 8.46. The Labute approximate surface area is 118 Å². The van der Waals surface area contributed by atoms with E-state index >= 15 is 0 Å². The first-order chi connectivity index (χ1) is 8.26. The van der Waals surface area contributed by atoms with Crippen LogP contribution in [0, 0.1) is 0 Å². The third-order valence-corrected chi connectivity index (χ3v) is 5.15. The maximum absolute atomic E-state index is 5.32. The molecule has 0 aliphatic carbocycles. The lowest BCUT2D eigenvalue weighted by Gasteiger charge is -2.03. The molecule has 0 fully saturated rings. The second-order valence-corrected chi connectivity index (χ2v) is 6.96. The smallest absolute Gasteiger partial charge is 0.104 e. The lowest BCUT2D eigenvalue weighted by molar-refractivity contribution is 0.898. The van der Waals surface area contributed by atoms with Crippen LogP contribution in [0.15, 0.2) is 30.8 Å². The van der Waals surface area contributed by atoms with Crippen molar-refractivity contribution in [2.24, 2.45) is 0 Å². The molecule has 0 amide bonds. The molecular formula is C14H18S3. The van der Waals surface area contributed by atoms with Gasteiger partial charge in [-0.2, -0.15) is 0 Å². The fraction of sp³-hybridized carbons (Fsp3) is 0.357. The Bertz CT molecular complexity index is 354. The Morgan fingerprint density at radius 3 is 2.59 bits per heavy atom. The summed E-state index contributed by atoms with van der Waals surface area (Å²) in [6.07, 6.45) is 4.35. The number of rotatable bonds is 6. The van der Waals surface area contributed by atoms with E-state index in [4.69, 9.17) is 12.2 Å². The zero-order chi connectivity index (χ0) is 12.5. The molecular weight excluding hydrogens is 264 g/mol. The molecule has 0 bridgehead atoms. The van der Waals surface area contributed by atoms with Gasteiger partial charge in [-0.05, 0) is 23.3 Å². The van der Waals surface area contributed by atoms with Crippen LogP contribution < -0.4 is 0 Å². The Morgan fingerprint density at radius 1 is 1.29 bits per heavy atom. The summed E-state index contributed by atoms with van der Waals surface area (Å²) in [6.45, 7) is 5.95. The predicted octanol–water partition coefficient (Wildman–Crippen LogP) is 5.38. The van der Waals surface area contributed by atoms with Gasteiger partial charge in [-0.3, -0.25) is 0 Å². The van der Waals surface area contributed by atoms with Gasteiger partial charge in [0.15, 0.2) is 0 Å². The molecule has 0 aliphatic heterocycles. The maximum atomic E-state index is 5.32. The summed E-state index contributed by atoms with van der Waals surface area (Å²) >= 11 is 8.89. The number of thioether (sulfide) groups is 2. The van der Waals surface area contributed by atoms with E-state index in [1.165, 1.54) is 24.0 Å². The van der Waals surface area contributed by atoms with E-state index in [1.807, 2.05) is 6.08 Å². The molecule has 0 radical (unpaired) electrons. The summed E-state index contributed by atoms with van der Waals surface area (Å²) in [5, 5.41) is 0. The van der Waals surface area contributed by atoms with Gasteiger partial charge in [0.25, 0.3) is 0 Å². The summed E-state index contributed by atoms with van der Waals surface area (Å²) in [5.41, 5.74) is 2.48. The Kier molecular flexibility index (Phi) is 7.65. The van der Waals surface area contributed by atoms with Crippen molar-refractivity contribution >= 4 is 45.3 Å². The van der Waals surface area contributed by atoms with E-state index in [2.05, 4.69) is 37.8 Å². The second-order valence-electron chi connectivity index (χ2n) is 3.69. The zero-order valence-electron chi connectivity index (χ0n) is 10.1. The van der Waals surface area contributed by atoms with Crippen LogP contribution in [0.3, 0.4) is 0 Å². The molecule has 17 heavy (non-hydrogen) atoms. The van der Waals surface area contributed by atoms with Crippen LogP contribution in [0.4, 0.5) is 0 Å². The van der Waals surface area contributed by atoms with Crippen molar-refractivity contribution in [2.75, 3.05) is 5.75 Å². The van der Waals surface area contributed by atoms with E-state index < -0.39 is 0 Å². The highest BCUT2D eigenvalue weighted by atomic mass is 32.2. The van der Waals surface area contributed by atoms with Crippen molar-refractivity contribution in [3.8, 4) is 0 Å². The molecule has 0 unspecified atom stereocenters. The van der Waals surface area contributed by atoms with Crippen LogP contribution in [0.1, 0.15) is 30.9 Å². The highest BCUT2D eigenvalue weighted by Crippen LogP contribution is 2.22. The SMILES string of the molecule is C=Cc1ccc(CSC(=S)SCCCC)cc1. The molecule has 0 aromatic heterocycles. The predicted molar refractivity (Wildman–Crippen MR) is 87.8 cm³/mol. The minimum absolute atomic E-state index is 0.968. The van der Waals surface area contributed by atoms with Crippen molar-refractivity contribution in [3.63, 3.8) is 0 Å². The summed E-state index contributed by atoms with van der Waals surface area (Å²) in [4.78, 5) is 0. The van der Waals surface area contributed by atoms with Crippen LogP contribution in [0.5, 0.6) is 0 Å². The van der Waals surface area contributed by atoms with Crippen LogP contribution in [0.25, 0.3) is 6.08 Å². The molecule has 3 heteroatoms. The van der Waals surface area contributed by atoms with Gasteiger partial charge in [0.1, 0.15) is 3.53 Å². The Balaban J connectivity index is 2.29. The molecule has 0 nitrogen and oxygen atoms in total. The molecule has 92 valence electrons. The van der Waals surface area contributed by atoms with Crippen LogP contribution in [0.2, 0.25) is 0 Å². The van der Waals surface area contributed by atoms with E-state index in [9.17, 15) is 0 Å².